The van der Waals surface area contributed by atoms with Crippen LogP contribution in [0.15, 0.2) is 0 Å². The summed E-state index contributed by atoms with van der Waals surface area (Å²) in [5.74, 6) is 0. The van der Waals surface area contributed by atoms with Crippen LogP contribution in [0.4, 0.5) is 0 Å². The second kappa shape index (κ2) is 1.99. The Morgan fingerprint density at radius 3 is 3.33 bits per heavy atom. The molecule has 0 bridgehead atoms. The predicted octanol–water partition coefficient (Wildman–Crippen LogP) is 0.599. The zero-order valence-electron chi connectivity index (χ0n) is 5.84. The van der Waals surface area contributed by atoms with Crippen molar-refractivity contribution >= 4 is 7.05 Å². The molecule has 2 aliphatic heterocycles. The fraction of sp³-hybridized carbons (Fsp3) is 1.00. The van der Waals surface area contributed by atoms with Gasteiger partial charge in [0, 0.05) is 12.6 Å². The summed E-state index contributed by atoms with van der Waals surface area (Å²) in [5, 5.41) is 0. The molecule has 0 aliphatic carbocycles. The third kappa shape index (κ3) is 0.794. The molecule has 2 rings (SSSR count). The van der Waals surface area contributed by atoms with Gasteiger partial charge in [0.2, 0.25) is 0 Å². The number of rotatable bonds is 0. The highest BCUT2D eigenvalue weighted by molar-refractivity contribution is 6.47. The van der Waals surface area contributed by atoms with Gasteiger partial charge in [0.15, 0.2) is 0 Å². The van der Waals surface area contributed by atoms with Crippen LogP contribution in [0.25, 0.3) is 0 Å². The summed E-state index contributed by atoms with van der Waals surface area (Å²) >= 11 is 0. The smallest absolute Gasteiger partial charge is 0.379 e. The first-order valence-electron chi connectivity index (χ1n) is 3.75. The maximum Gasteiger partial charge on any atom is 0.379 e. The summed E-state index contributed by atoms with van der Waals surface area (Å²) < 4.78 is 5.45. The Kier molecular flexibility index (Phi) is 1.27. The normalized spacial score (nSPS) is 35.7. The van der Waals surface area contributed by atoms with Gasteiger partial charge in [-0.2, -0.15) is 0 Å². The van der Waals surface area contributed by atoms with Crippen molar-refractivity contribution in [3.8, 4) is 0 Å². The molecule has 2 saturated heterocycles. The van der Waals surface area contributed by atoms with Crippen LogP contribution in [0, 0.1) is 0 Å². The SMILES string of the molecule is CB1OC[C@H]2CCCN12. The van der Waals surface area contributed by atoms with E-state index in [0.29, 0.717) is 7.05 Å². The highest BCUT2D eigenvalue weighted by Crippen LogP contribution is 2.24. The summed E-state index contributed by atoms with van der Waals surface area (Å²) in [6.07, 6.45) is 2.72. The van der Waals surface area contributed by atoms with Crippen molar-refractivity contribution < 1.29 is 4.65 Å². The van der Waals surface area contributed by atoms with Crippen molar-refractivity contribution in [3.63, 3.8) is 0 Å². The average molecular weight is 125 g/mol. The lowest BCUT2D eigenvalue weighted by Gasteiger charge is -2.13. The van der Waals surface area contributed by atoms with Crippen LogP contribution in [0.2, 0.25) is 6.82 Å². The van der Waals surface area contributed by atoms with Crippen molar-refractivity contribution in [2.45, 2.75) is 25.7 Å². The van der Waals surface area contributed by atoms with Crippen LogP contribution in [-0.2, 0) is 4.65 Å². The molecule has 0 aromatic heterocycles. The van der Waals surface area contributed by atoms with E-state index in [1.807, 2.05) is 0 Å². The van der Waals surface area contributed by atoms with E-state index in [4.69, 9.17) is 4.65 Å². The van der Waals surface area contributed by atoms with E-state index in [1.54, 1.807) is 0 Å². The minimum absolute atomic E-state index is 0.400. The van der Waals surface area contributed by atoms with Crippen LogP contribution in [0.5, 0.6) is 0 Å². The molecule has 0 amide bonds. The number of hydrogen-bond acceptors (Lipinski definition) is 2. The number of hydrogen-bond donors (Lipinski definition) is 0. The van der Waals surface area contributed by atoms with Crippen molar-refractivity contribution in [1.82, 2.24) is 4.81 Å². The molecule has 50 valence electrons. The molecule has 2 heterocycles. The van der Waals surface area contributed by atoms with Gasteiger partial charge in [-0.15, -0.1) is 0 Å². The van der Waals surface area contributed by atoms with E-state index in [9.17, 15) is 0 Å². The number of fused-ring (bicyclic) bond motifs is 1. The van der Waals surface area contributed by atoms with Gasteiger partial charge in [0.25, 0.3) is 0 Å². The Morgan fingerprint density at radius 1 is 1.67 bits per heavy atom. The molecule has 0 N–H and O–H groups in total. The maximum atomic E-state index is 5.45. The van der Waals surface area contributed by atoms with Crippen molar-refractivity contribution in [3.05, 3.63) is 0 Å². The first-order valence-corrected chi connectivity index (χ1v) is 3.75. The highest BCUT2D eigenvalue weighted by Gasteiger charge is 2.37. The lowest BCUT2D eigenvalue weighted by atomic mass is 9.86. The summed E-state index contributed by atoms with van der Waals surface area (Å²) in [4.78, 5) is 2.46. The monoisotopic (exact) mass is 125 g/mol. The van der Waals surface area contributed by atoms with E-state index >= 15 is 0 Å². The molecule has 0 spiro atoms. The van der Waals surface area contributed by atoms with E-state index < -0.39 is 0 Å². The summed E-state index contributed by atoms with van der Waals surface area (Å²) in [6.45, 7) is 4.37. The zero-order valence-corrected chi connectivity index (χ0v) is 5.84. The minimum Gasteiger partial charge on any atom is -0.420 e. The Labute approximate surface area is 56.3 Å². The van der Waals surface area contributed by atoms with Gasteiger partial charge in [-0.1, -0.05) is 0 Å². The maximum absolute atomic E-state index is 5.45. The average Bonchev–Trinajstić information content (AvgIpc) is 2.35. The molecule has 0 saturated carbocycles. The molecule has 0 radical (unpaired) electrons. The standard InChI is InChI=1S/C6H12BNO/c1-7-8-4-2-3-6(8)5-9-7/h6H,2-5H2,1H3/t6-/m1/s1. The third-order valence-corrected chi connectivity index (χ3v) is 2.42. The molecular weight excluding hydrogens is 113 g/mol. The second-order valence-electron chi connectivity index (χ2n) is 2.97. The van der Waals surface area contributed by atoms with Crippen molar-refractivity contribution in [2.24, 2.45) is 0 Å². The quantitative estimate of drug-likeness (QED) is 0.439. The van der Waals surface area contributed by atoms with Gasteiger partial charge in [-0.3, -0.25) is 0 Å². The molecule has 9 heavy (non-hydrogen) atoms. The third-order valence-electron chi connectivity index (χ3n) is 2.42. The first-order chi connectivity index (χ1) is 4.38. The van der Waals surface area contributed by atoms with Crippen LogP contribution in [-0.4, -0.2) is 31.1 Å². The van der Waals surface area contributed by atoms with Crippen LogP contribution in [0.1, 0.15) is 12.8 Å². The van der Waals surface area contributed by atoms with E-state index in [0.717, 1.165) is 12.6 Å². The van der Waals surface area contributed by atoms with Gasteiger partial charge in [-0.25, -0.2) is 0 Å². The van der Waals surface area contributed by atoms with Crippen molar-refractivity contribution in [2.75, 3.05) is 13.2 Å². The Balaban J connectivity index is 2.07. The highest BCUT2D eigenvalue weighted by atomic mass is 16.5. The van der Waals surface area contributed by atoms with E-state index in [1.165, 1.54) is 19.4 Å². The summed E-state index contributed by atoms with van der Waals surface area (Å²) in [6, 6.07) is 0.764. The minimum atomic E-state index is 0.400. The van der Waals surface area contributed by atoms with Crippen LogP contribution >= 0.6 is 0 Å². The molecule has 2 nitrogen and oxygen atoms in total. The predicted molar refractivity (Wildman–Crippen MR) is 37.3 cm³/mol. The van der Waals surface area contributed by atoms with Crippen LogP contribution in [0.3, 0.4) is 0 Å². The molecule has 0 aromatic carbocycles. The fourth-order valence-corrected chi connectivity index (χ4v) is 1.86. The molecule has 3 heteroatoms. The van der Waals surface area contributed by atoms with Crippen molar-refractivity contribution in [1.29, 1.82) is 0 Å². The largest absolute Gasteiger partial charge is 0.420 e. The fourth-order valence-electron chi connectivity index (χ4n) is 1.86. The first kappa shape index (κ1) is 5.75. The molecule has 1 atom stereocenters. The number of nitrogens with zero attached hydrogens (tertiary/aromatic N) is 1. The summed E-state index contributed by atoms with van der Waals surface area (Å²) in [7, 11) is 0.400. The summed E-state index contributed by atoms with van der Waals surface area (Å²) in [5.41, 5.74) is 0. The molecule has 0 unspecified atom stereocenters. The lowest BCUT2D eigenvalue weighted by Crippen LogP contribution is -2.33. The molecule has 2 fully saturated rings. The Bertz CT molecular complexity index is 120. The van der Waals surface area contributed by atoms with Gasteiger partial charge in [-0.05, 0) is 26.2 Å². The second-order valence-corrected chi connectivity index (χ2v) is 2.97. The van der Waals surface area contributed by atoms with E-state index in [-0.39, 0.29) is 0 Å². The Morgan fingerprint density at radius 2 is 2.56 bits per heavy atom. The van der Waals surface area contributed by atoms with Gasteiger partial charge < -0.3 is 9.47 Å². The molecule has 2 aliphatic rings. The van der Waals surface area contributed by atoms with E-state index in [2.05, 4.69) is 11.6 Å². The topological polar surface area (TPSA) is 12.5 Å². The zero-order chi connectivity index (χ0) is 6.27. The lowest BCUT2D eigenvalue weighted by molar-refractivity contribution is 0.332. The molecular formula is C6H12BNO. The van der Waals surface area contributed by atoms with Gasteiger partial charge in [0.1, 0.15) is 0 Å². The molecule has 0 aromatic rings. The van der Waals surface area contributed by atoms with Gasteiger partial charge >= 0.3 is 7.05 Å². The van der Waals surface area contributed by atoms with Gasteiger partial charge in [0.05, 0.1) is 0 Å². The Hall–Kier alpha value is -0.0151. The van der Waals surface area contributed by atoms with Crippen LogP contribution < -0.4 is 0 Å².